The number of anilines is 2. The first kappa shape index (κ1) is 20.8. The van der Waals surface area contributed by atoms with Crippen LogP contribution in [0.25, 0.3) is 22.6 Å². The van der Waals surface area contributed by atoms with E-state index in [-0.39, 0.29) is 0 Å². The minimum atomic E-state index is 0.632. The first-order chi connectivity index (χ1) is 15.1. The second-order valence-electron chi connectivity index (χ2n) is 7.19. The third-order valence-corrected chi connectivity index (χ3v) is 5.23. The molecule has 4 rings (SSSR count). The Kier molecular flexibility index (Phi) is 6.38. The van der Waals surface area contributed by atoms with Crippen LogP contribution >= 0.6 is 15.9 Å². The summed E-state index contributed by atoms with van der Waals surface area (Å²) in [6.07, 6.45) is 1.78. The molecule has 0 saturated heterocycles. The van der Waals surface area contributed by atoms with E-state index in [0.717, 1.165) is 32.5 Å². The van der Waals surface area contributed by atoms with Gasteiger partial charge in [0.25, 0.3) is 0 Å². The molecule has 154 valence electrons. The number of aromatic nitrogens is 2. The number of nitrogens with one attached hydrogen (secondary N) is 1. The molecule has 0 amide bonds. The van der Waals surface area contributed by atoms with Crippen molar-refractivity contribution < 1.29 is 0 Å². The Labute approximate surface area is 190 Å². The van der Waals surface area contributed by atoms with E-state index >= 15 is 0 Å². The van der Waals surface area contributed by atoms with Crippen LogP contribution in [0, 0.1) is 0 Å². The lowest BCUT2D eigenvalue weighted by Crippen LogP contribution is -2.08. The molecule has 1 N–H and O–H groups in total. The van der Waals surface area contributed by atoms with Crippen LogP contribution in [0.4, 0.5) is 11.5 Å². The number of nitrogens with zero attached hydrogens (tertiary/aromatic N) is 4. The highest BCUT2D eigenvalue weighted by Gasteiger charge is 2.08. The van der Waals surface area contributed by atoms with Crippen molar-refractivity contribution in [3.8, 4) is 22.6 Å². The molecular formula is C25H22BrN5. The van der Waals surface area contributed by atoms with Crippen molar-refractivity contribution in [1.29, 1.82) is 0 Å². The van der Waals surface area contributed by atoms with Gasteiger partial charge in [0.2, 0.25) is 0 Å². The van der Waals surface area contributed by atoms with Crippen LogP contribution in [0.15, 0.2) is 94.5 Å². The van der Waals surface area contributed by atoms with E-state index in [1.807, 2.05) is 86.9 Å². The molecule has 1 aromatic heterocycles. The summed E-state index contributed by atoms with van der Waals surface area (Å²) in [6.45, 7) is 0. The quantitative estimate of drug-likeness (QED) is 0.273. The van der Waals surface area contributed by atoms with Crippen LogP contribution in [-0.2, 0) is 0 Å². The van der Waals surface area contributed by atoms with Gasteiger partial charge in [0, 0.05) is 41.4 Å². The maximum absolute atomic E-state index is 4.77. The predicted octanol–water partition coefficient (Wildman–Crippen LogP) is 6.09. The summed E-state index contributed by atoms with van der Waals surface area (Å²) in [5.74, 6) is 1.27. The maximum atomic E-state index is 4.77. The van der Waals surface area contributed by atoms with Crippen molar-refractivity contribution in [2.75, 3.05) is 24.4 Å². The van der Waals surface area contributed by atoms with Gasteiger partial charge in [-0.15, -0.1) is 0 Å². The molecule has 0 radical (unpaired) electrons. The van der Waals surface area contributed by atoms with Crippen molar-refractivity contribution in [2.45, 2.75) is 0 Å². The average Bonchev–Trinajstić information content (AvgIpc) is 2.80. The summed E-state index contributed by atoms with van der Waals surface area (Å²) in [5, 5.41) is 4.38. The molecular weight excluding hydrogens is 450 g/mol. The molecule has 0 saturated carbocycles. The molecule has 0 spiro atoms. The summed E-state index contributed by atoms with van der Waals surface area (Å²) in [6, 6.07) is 28.1. The zero-order valence-electron chi connectivity index (χ0n) is 17.3. The Hall–Kier alpha value is -3.51. The SMILES string of the molecule is CN(C)c1ccc(/C=N\Nc2cc(-c3ccccc3)nc(-c3ccc(Br)cc3)n2)cc1. The molecule has 0 aliphatic heterocycles. The summed E-state index contributed by atoms with van der Waals surface area (Å²) in [4.78, 5) is 11.5. The van der Waals surface area contributed by atoms with Gasteiger partial charge in [-0.2, -0.15) is 5.10 Å². The Morgan fingerprint density at radius 3 is 2.23 bits per heavy atom. The van der Waals surface area contributed by atoms with Gasteiger partial charge in [0.05, 0.1) is 11.9 Å². The van der Waals surface area contributed by atoms with Crippen LogP contribution in [0.3, 0.4) is 0 Å². The van der Waals surface area contributed by atoms with Crippen LogP contribution < -0.4 is 10.3 Å². The van der Waals surface area contributed by atoms with Gasteiger partial charge >= 0.3 is 0 Å². The van der Waals surface area contributed by atoms with Crippen molar-refractivity contribution in [2.24, 2.45) is 5.10 Å². The summed E-state index contributed by atoms with van der Waals surface area (Å²) >= 11 is 3.48. The first-order valence-corrected chi connectivity index (χ1v) is 10.6. The van der Waals surface area contributed by atoms with E-state index in [2.05, 4.69) is 48.5 Å². The second-order valence-corrected chi connectivity index (χ2v) is 8.11. The lowest BCUT2D eigenvalue weighted by molar-refractivity contribution is 1.13. The van der Waals surface area contributed by atoms with Crippen LogP contribution in [-0.4, -0.2) is 30.3 Å². The Bertz CT molecular complexity index is 1170. The molecule has 3 aromatic carbocycles. The van der Waals surface area contributed by atoms with Crippen LogP contribution in [0.5, 0.6) is 0 Å². The molecule has 0 atom stereocenters. The maximum Gasteiger partial charge on any atom is 0.162 e. The largest absolute Gasteiger partial charge is 0.378 e. The molecule has 0 bridgehead atoms. The van der Waals surface area contributed by atoms with E-state index in [9.17, 15) is 0 Å². The summed E-state index contributed by atoms with van der Waals surface area (Å²) < 4.78 is 1.01. The molecule has 0 unspecified atom stereocenters. The van der Waals surface area contributed by atoms with E-state index in [1.54, 1.807) is 6.21 Å². The zero-order chi connectivity index (χ0) is 21.6. The summed E-state index contributed by atoms with van der Waals surface area (Å²) in [5.41, 5.74) is 8.00. The molecule has 6 heteroatoms. The fourth-order valence-electron chi connectivity index (χ4n) is 3.02. The topological polar surface area (TPSA) is 53.4 Å². The number of benzene rings is 3. The number of hydrogen-bond donors (Lipinski definition) is 1. The Morgan fingerprint density at radius 2 is 1.55 bits per heavy atom. The van der Waals surface area contributed by atoms with Gasteiger partial charge in [-0.05, 0) is 29.8 Å². The van der Waals surface area contributed by atoms with Gasteiger partial charge in [-0.3, -0.25) is 5.43 Å². The molecule has 0 fully saturated rings. The highest BCUT2D eigenvalue weighted by molar-refractivity contribution is 9.10. The fraction of sp³-hybridized carbons (Fsp3) is 0.0800. The van der Waals surface area contributed by atoms with Crippen molar-refractivity contribution in [1.82, 2.24) is 9.97 Å². The Balaban J connectivity index is 1.63. The van der Waals surface area contributed by atoms with Gasteiger partial charge in [0.15, 0.2) is 11.6 Å². The van der Waals surface area contributed by atoms with Gasteiger partial charge in [0.1, 0.15) is 0 Å². The number of halogens is 1. The van der Waals surface area contributed by atoms with E-state index < -0.39 is 0 Å². The third kappa shape index (κ3) is 5.35. The van der Waals surface area contributed by atoms with Crippen molar-refractivity contribution in [3.05, 3.63) is 95.0 Å². The van der Waals surface area contributed by atoms with Crippen molar-refractivity contribution in [3.63, 3.8) is 0 Å². The number of hydrogen-bond acceptors (Lipinski definition) is 5. The van der Waals surface area contributed by atoms with Crippen molar-refractivity contribution >= 4 is 33.6 Å². The minimum Gasteiger partial charge on any atom is -0.378 e. The highest BCUT2D eigenvalue weighted by Crippen LogP contribution is 2.25. The third-order valence-electron chi connectivity index (χ3n) is 4.70. The Morgan fingerprint density at radius 1 is 0.839 bits per heavy atom. The van der Waals surface area contributed by atoms with Gasteiger partial charge in [-0.1, -0.05) is 70.5 Å². The van der Waals surface area contributed by atoms with Crippen LogP contribution in [0.1, 0.15) is 5.56 Å². The lowest BCUT2D eigenvalue weighted by Gasteiger charge is -2.11. The first-order valence-electron chi connectivity index (χ1n) is 9.85. The van der Waals surface area contributed by atoms with E-state index in [4.69, 9.17) is 4.98 Å². The monoisotopic (exact) mass is 471 g/mol. The fourth-order valence-corrected chi connectivity index (χ4v) is 3.29. The van der Waals surface area contributed by atoms with Crippen LogP contribution in [0.2, 0.25) is 0 Å². The molecule has 4 aromatic rings. The normalized spacial score (nSPS) is 10.9. The average molecular weight is 472 g/mol. The zero-order valence-corrected chi connectivity index (χ0v) is 18.9. The smallest absolute Gasteiger partial charge is 0.162 e. The highest BCUT2D eigenvalue weighted by atomic mass is 79.9. The van der Waals surface area contributed by atoms with Gasteiger partial charge < -0.3 is 4.90 Å². The summed E-state index contributed by atoms with van der Waals surface area (Å²) in [7, 11) is 4.04. The lowest BCUT2D eigenvalue weighted by atomic mass is 10.1. The van der Waals surface area contributed by atoms with Gasteiger partial charge in [-0.25, -0.2) is 9.97 Å². The van der Waals surface area contributed by atoms with E-state index in [0.29, 0.717) is 11.6 Å². The second kappa shape index (κ2) is 9.53. The molecule has 0 aliphatic carbocycles. The molecule has 1 heterocycles. The number of hydrazone groups is 1. The predicted molar refractivity (Wildman–Crippen MR) is 133 cm³/mol. The molecule has 5 nitrogen and oxygen atoms in total. The standard InChI is InChI=1S/C25H22BrN5/c1-31(2)22-14-8-18(9-15-22)17-27-30-24-16-23(19-6-4-3-5-7-19)28-25(29-24)20-10-12-21(26)13-11-20/h3-17H,1-2H3,(H,28,29,30)/b27-17-. The minimum absolute atomic E-state index is 0.632. The molecule has 0 aliphatic rings. The molecule has 31 heavy (non-hydrogen) atoms. The van der Waals surface area contributed by atoms with E-state index in [1.165, 1.54) is 0 Å². The number of rotatable bonds is 6.